The first-order chi connectivity index (χ1) is 10.6. The van der Waals surface area contributed by atoms with Gasteiger partial charge in [0.1, 0.15) is 5.60 Å². The van der Waals surface area contributed by atoms with Gasteiger partial charge in [-0.25, -0.2) is 4.79 Å². The van der Waals surface area contributed by atoms with Gasteiger partial charge in [-0.1, -0.05) is 36.1 Å². The van der Waals surface area contributed by atoms with Crippen LogP contribution >= 0.6 is 11.3 Å². The summed E-state index contributed by atoms with van der Waals surface area (Å²) in [6.07, 6.45) is 0. The molecule has 1 aromatic carbocycles. The van der Waals surface area contributed by atoms with Gasteiger partial charge in [0.2, 0.25) is 0 Å². The van der Waals surface area contributed by atoms with Crippen molar-refractivity contribution in [1.29, 1.82) is 0 Å². The maximum absolute atomic E-state index is 11.7. The van der Waals surface area contributed by atoms with Crippen molar-refractivity contribution in [3.8, 4) is 11.8 Å². The molecule has 1 aromatic heterocycles. The molecule has 0 aliphatic heterocycles. The van der Waals surface area contributed by atoms with Gasteiger partial charge in [0.15, 0.2) is 0 Å². The first-order valence-electron chi connectivity index (χ1n) is 6.90. The van der Waals surface area contributed by atoms with Gasteiger partial charge in [-0.05, 0) is 30.5 Å². The van der Waals surface area contributed by atoms with Gasteiger partial charge in [-0.2, -0.15) is 0 Å². The average Bonchev–Trinajstić information content (AvgIpc) is 3.06. The number of thiophene rings is 1. The topological polar surface area (TPSA) is 61.4 Å². The Morgan fingerprint density at radius 2 is 2.00 bits per heavy atom. The van der Waals surface area contributed by atoms with Crippen molar-refractivity contribution in [3.63, 3.8) is 0 Å². The van der Waals surface area contributed by atoms with Crippen molar-refractivity contribution >= 4 is 17.4 Å². The highest BCUT2D eigenvalue weighted by atomic mass is 32.1. The summed E-state index contributed by atoms with van der Waals surface area (Å²) in [5.74, 6) is 5.83. The van der Waals surface area contributed by atoms with Gasteiger partial charge >= 0.3 is 6.03 Å². The lowest BCUT2D eigenvalue weighted by atomic mass is 10.1. The minimum Gasteiger partial charge on any atom is -0.383 e. The fourth-order valence-electron chi connectivity index (χ4n) is 1.78. The molecule has 2 aromatic rings. The Hall–Kier alpha value is -2.29. The van der Waals surface area contributed by atoms with E-state index >= 15 is 0 Å². The second-order valence-corrected chi connectivity index (χ2v) is 5.90. The number of benzene rings is 1. The van der Waals surface area contributed by atoms with Crippen LogP contribution < -0.4 is 10.6 Å². The Kier molecular flexibility index (Phi) is 5.59. The van der Waals surface area contributed by atoms with Crippen molar-refractivity contribution in [2.45, 2.75) is 12.5 Å². The summed E-state index contributed by atoms with van der Waals surface area (Å²) >= 11 is 1.46. The van der Waals surface area contributed by atoms with E-state index in [0.717, 1.165) is 10.4 Å². The number of carbonyl (C=O) groups is 1. The van der Waals surface area contributed by atoms with Crippen LogP contribution in [-0.2, 0) is 5.60 Å². The number of amides is 2. The average molecular weight is 314 g/mol. The zero-order valence-electron chi connectivity index (χ0n) is 12.3. The van der Waals surface area contributed by atoms with E-state index in [9.17, 15) is 9.90 Å². The Bertz CT molecular complexity index is 655. The van der Waals surface area contributed by atoms with Crippen LogP contribution in [0, 0.1) is 11.8 Å². The molecule has 5 heteroatoms. The summed E-state index contributed by atoms with van der Waals surface area (Å²) in [5.41, 5.74) is -0.161. The summed E-state index contributed by atoms with van der Waals surface area (Å²) < 4.78 is 0. The van der Waals surface area contributed by atoms with E-state index in [-0.39, 0.29) is 19.1 Å². The predicted molar refractivity (Wildman–Crippen MR) is 88.6 cm³/mol. The minimum absolute atomic E-state index is 0.144. The second-order valence-electron chi connectivity index (χ2n) is 4.96. The molecule has 0 unspecified atom stereocenters. The number of hydrogen-bond acceptors (Lipinski definition) is 3. The lowest BCUT2D eigenvalue weighted by Crippen LogP contribution is -2.43. The minimum atomic E-state index is -1.07. The molecule has 0 spiro atoms. The summed E-state index contributed by atoms with van der Waals surface area (Å²) in [7, 11) is 0. The molecule has 0 saturated heterocycles. The zero-order valence-corrected chi connectivity index (χ0v) is 13.1. The molecular formula is C17H18N2O2S. The Labute approximate surface area is 134 Å². The van der Waals surface area contributed by atoms with Crippen molar-refractivity contribution in [1.82, 2.24) is 10.6 Å². The van der Waals surface area contributed by atoms with Crippen molar-refractivity contribution < 1.29 is 9.90 Å². The summed E-state index contributed by atoms with van der Waals surface area (Å²) in [5, 5.41) is 17.5. The van der Waals surface area contributed by atoms with E-state index < -0.39 is 5.60 Å². The van der Waals surface area contributed by atoms with E-state index in [2.05, 4.69) is 22.5 Å². The fourth-order valence-corrected chi connectivity index (χ4v) is 2.57. The van der Waals surface area contributed by atoms with E-state index in [1.165, 1.54) is 11.3 Å². The van der Waals surface area contributed by atoms with Crippen molar-refractivity contribution in [2.24, 2.45) is 0 Å². The highest BCUT2D eigenvalue weighted by Crippen LogP contribution is 2.24. The van der Waals surface area contributed by atoms with Gasteiger partial charge in [-0.15, -0.1) is 11.3 Å². The number of nitrogens with one attached hydrogen (secondary N) is 2. The lowest BCUT2D eigenvalue weighted by Gasteiger charge is -2.22. The molecule has 1 atom stereocenters. The highest BCUT2D eigenvalue weighted by molar-refractivity contribution is 7.10. The molecule has 4 nitrogen and oxygen atoms in total. The number of aliphatic hydroxyl groups is 1. The molecule has 2 rings (SSSR count). The highest BCUT2D eigenvalue weighted by Gasteiger charge is 2.24. The summed E-state index contributed by atoms with van der Waals surface area (Å²) in [4.78, 5) is 12.5. The fraction of sp³-hybridized carbons (Fsp3) is 0.235. The molecule has 0 fully saturated rings. The van der Waals surface area contributed by atoms with Crippen LogP contribution in [0.2, 0.25) is 0 Å². The lowest BCUT2D eigenvalue weighted by molar-refractivity contribution is 0.0632. The Balaban J connectivity index is 1.74. The molecule has 0 aliphatic carbocycles. The molecular weight excluding hydrogens is 296 g/mol. The number of urea groups is 1. The molecule has 0 aliphatic rings. The SMILES string of the molecule is C[C@](O)(CNC(=O)NCC#Cc1ccccc1)c1cccs1. The summed E-state index contributed by atoms with van der Waals surface area (Å²) in [6.45, 7) is 2.07. The third-order valence-electron chi connectivity index (χ3n) is 2.99. The van der Waals surface area contributed by atoms with Gasteiger partial charge in [0, 0.05) is 10.4 Å². The van der Waals surface area contributed by atoms with Crippen LogP contribution in [0.1, 0.15) is 17.4 Å². The van der Waals surface area contributed by atoms with Gasteiger partial charge < -0.3 is 15.7 Å². The largest absolute Gasteiger partial charge is 0.383 e. The Morgan fingerprint density at radius 1 is 1.23 bits per heavy atom. The predicted octanol–water partition coefficient (Wildman–Crippen LogP) is 2.31. The third-order valence-corrected chi connectivity index (χ3v) is 4.11. The van der Waals surface area contributed by atoms with Gasteiger partial charge in [0.05, 0.1) is 13.1 Å². The quantitative estimate of drug-likeness (QED) is 0.758. The second kappa shape index (κ2) is 7.64. The van der Waals surface area contributed by atoms with Crippen LogP contribution in [0.5, 0.6) is 0 Å². The smallest absolute Gasteiger partial charge is 0.315 e. The van der Waals surface area contributed by atoms with Crippen LogP contribution in [-0.4, -0.2) is 24.2 Å². The van der Waals surface area contributed by atoms with Crippen LogP contribution in [0.4, 0.5) is 4.79 Å². The van der Waals surface area contributed by atoms with Crippen molar-refractivity contribution in [2.75, 3.05) is 13.1 Å². The molecule has 3 N–H and O–H groups in total. The molecule has 0 bridgehead atoms. The van der Waals surface area contributed by atoms with Crippen LogP contribution in [0.3, 0.4) is 0 Å². The normalized spacial score (nSPS) is 12.6. The molecule has 22 heavy (non-hydrogen) atoms. The maximum Gasteiger partial charge on any atom is 0.315 e. The molecule has 114 valence electrons. The zero-order chi connectivity index (χ0) is 15.8. The van der Waals surface area contributed by atoms with E-state index in [1.54, 1.807) is 6.92 Å². The first kappa shape index (κ1) is 16.1. The van der Waals surface area contributed by atoms with E-state index in [4.69, 9.17) is 0 Å². The number of hydrogen-bond donors (Lipinski definition) is 3. The monoisotopic (exact) mass is 314 g/mol. The van der Waals surface area contributed by atoms with Crippen LogP contribution in [0.15, 0.2) is 47.8 Å². The Morgan fingerprint density at radius 3 is 2.68 bits per heavy atom. The maximum atomic E-state index is 11.7. The van der Waals surface area contributed by atoms with Gasteiger partial charge in [0.25, 0.3) is 0 Å². The standard InChI is InChI=1S/C17H18N2O2S/c1-17(21,15-10-6-12-22-15)13-19-16(20)18-11-5-9-14-7-3-2-4-8-14/h2-4,6-8,10,12,21H,11,13H2,1H3,(H2,18,19,20)/t17-/m0/s1. The van der Waals surface area contributed by atoms with Crippen LogP contribution in [0.25, 0.3) is 0 Å². The van der Waals surface area contributed by atoms with Crippen molar-refractivity contribution in [3.05, 3.63) is 58.3 Å². The molecule has 2 amide bonds. The molecule has 1 heterocycles. The summed E-state index contributed by atoms with van der Waals surface area (Å²) in [6, 6.07) is 12.9. The van der Waals surface area contributed by atoms with E-state index in [0.29, 0.717) is 0 Å². The number of carbonyl (C=O) groups excluding carboxylic acids is 1. The molecule has 0 saturated carbocycles. The van der Waals surface area contributed by atoms with E-state index in [1.807, 2.05) is 47.8 Å². The molecule has 0 radical (unpaired) electrons. The van der Waals surface area contributed by atoms with Gasteiger partial charge in [-0.3, -0.25) is 0 Å². The first-order valence-corrected chi connectivity index (χ1v) is 7.78. The third kappa shape index (κ3) is 4.92. The number of rotatable bonds is 4.